The van der Waals surface area contributed by atoms with Crippen molar-refractivity contribution in [3.05, 3.63) is 0 Å². The van der Waals surface area contributed by atoms with Gasteiger partial charge in [0.05, 0.1) is 25.4 Å². The second kappa shape index (κ2) is 12.8. The number of hydrogen-bond donors (Lipinski definition) is 2. The summed E-state index contributed by atoms with van der Waals surface area (Å²) in [6.45, 7) is 4.48. The summed E-state index contributed by atoms with van der Waals surface area (Å²) in [5, 5.41) is 17.1. The maximum atomic E-state index is 8.73. The van der Waals surface area contributed by atoms with E-state index in [0.717, 1.165) is 12.8 Å². The van der Waals surface area contributed by atoms with Gasteiger partial charge in [-0.05, 0) is 12.8 Å². The smallest absolute Gasteiger partial charge is 0.0799 e. The molecule has 0 amide bonds. The number of aliphatic hydroxyl groups is 2. The monoisotopic (exact) mass is 208 g/mol. The van der Waals surface area contributed by atoms with Gasteiger partial charge >= 0.3 is 0 Å². The van der Waals surface area contributed by atoms with E-state index in [2.05, 4.69) is 4.74 Å². The average molecular weight is 208 g/mol. The van der Waals surface area contributed by atoms with Crippen molar-refractivity contribution in [2.75, 3.05) is 27.4 Å². The summed E-state index contributed by atoms with van der Waals surface area (Å²) in [6.07, 6.45) is 1.42. The SMILES string of the molecule is CCC(CO)OC.CCC(O)COC. The predicted molar refractivity (Wildman–Crippen MR) is 56.3 cm³/mol. The van der Waals surface area contributed by atoms with E-state index in [1.165, 1.54) is 0 Å². The third-order valence-corrected chi connectivity index (χ3v) is 1.82. The highest BCUT2D eigenvalue weighted by atomic mass is 16.5. The lowest BCUT2D eigenvalue weighted by atomic mass is 10.3. The molecule has 0 aliphatic heterocycles. The van der Waals surface area contributed by atoms with Gasteiger partial charge < -0.3 is 19.7 Å². The van der Waals surface area contributed by atoms with Gasteiger partial charge in [0.15, 0.2) is 0 Å². The first-order valence-electron chi connectivity index (χ1n) is 4.96. The lowest BCUT2D eigenvalue weighted by Gasteiger charge is -2.06. The van der Waals surface area contributed by atoms with E-state index >= 15 is 0 Å². The molecule has 0 fully saturated rings. The Bertz CT molecular complexity index is 88.6. The molecule has 2 atom stereocenters. The Balaban J connectivity index is 0. The van der Waals surface area contributed by atoms with Crippen LogP contribution in [-0.4, -0.2) is 49.9 Å². The lowest BCUT2D eigenvalue weighted by Crippen LogP contribution is -2.13. The normalized spacial score (nSPS) is 14.1. The maximum Gasteiger partial charge on any atom is 0.0799 e. The molecule has 0 saturated carbocycles. The Morgan fingerprint density at radius 3 is 1.79 bits per heavy atom. The Labute approximate surface area is 86.8 Å². The van der Waals surface area contributed by atoms with Crippen LogP contribution in [0, 0.1) is 0 Å². The van der Waals surface area contributed by atoms with Crippen LogP contribution in [0.2, 0.25) is 0 Å². The Kier molecular flexibility index (Phi) is 14.9. The van der Waals surface area contributed by atoms with E-state index in [4.69, 9.17) is 14.9 Å². The molecule has 0 aromatic rings. The van der Waals surface area contributed by atoms with Crippen LogP contribution in [0.4, 0.5) is 0 Å². The highest BCUT2D eigenvalue weighted by molar-refractivity contribution is 4.47. The van der Waals surface area contributed by atoms with Gasteiger partial charge in [-0.25, -0.2) is 0 Å². The molecule has 14 heavy (non-hydrogen) atoms. The van der Waals surface area contributed by atoms with Crippen LogP contribution in [0.15, 0.2) is 0 Å². The molecule has 0 spiro atoms. The zero-order valence-electron chi connectivity index (χ0n) is 9.69. The molecule has 4 heteroatoms. The van der Waals surface area contributed by atoms with Crippen LogP contribution >= 0.6 is 0 Å². The summed E-state index contributed by atoms with van der Waals surface area (Å²) >= 11 is 0. The molecule has 0 radical (unpaired) electrons. The third-order valence-electron chi connectivity index (χ3n) is 1.82. The minimum atomic E-state index is -0.273. The first-order valence-corrected chi connectivity index (χ1v) is 4.96. The van der Waals surface area contributed by atoms with Crippen molar-refractivity contribution in [1.29, 1.82) is 0 Å². The molecule has 88 valence electrons. The van der Waals surface area contributed by atoms with E-state index in [0.29, 0.717) is 6.61 Å². The molecule has 0 aliphatic rings. The molecule has 0 aromatic heterocycles. The Morgan fingerprint density at radius 2 is 1.71 bits per heavy atom. The van der Waals surface area contributed by atoms with Crippen LogP contribution in [0.25, 0.3) is 0 Å². The largest absolute Gasteiger partial charge is 0.394 e. The van der Waals surface area contributed by atoms with Crippen molar-refractivity contribution in [1.82, 2.24) is 0 Å². The molecular weight excluding hydrogens is 184 g/mol. The van der Waals surface area contributed by atoms with Crippen LogP contribution in [-0.2, 0) is 9.47 Å². The fourth-order valence-corrected chi connectivity index (χ4v) is 0.681. The predicted octanol–water partition coefficient (Wildman–Crippen LogP) is 0.807. The van der Waals surface area contributed by atoms with E-state index < -0.39 is 0 Å². The highest BCUT2D eigenvalue weighted by Gasteiger charge is 1.97. The quantitative estimate of drug-likeness (QED) is 0.678. The van der Waals surface area contributed by atoms with Crippen LogP contribution in [0.1, 0.15) is 26.7 Å². The Morgan fingerprint density at radius 1 is 1.14 bits per heavy atom. The first kappa shape index (κ1) is 16.3. The van der Waals surface area contributed by atoms with Crippen LogP contribution in [0.3, 0.4) is 0 Å². The first-order chi connectivity index (χ1) is 6.65. The highest BCUT2D eigenvalue weighted by Crippen LogP contribution is 1.91. The molecule has 0 aromatic carbocycles. The third kappa shape index (κ3) is 11.8. The van der Waals surface area contributed by atoms with Gasteiger partial charge in [0, 0.05) is 14.2 Å². The Hall–Kier alpha value is -0.160. The maximum absolute atomic E-state index is 8.73. The summed E-state index contributed by atoms with van der Waals surface area (Å²) in [4.78, 5) is 0. The van der Waals surface area contributed by atoms with E-state index in [1.807, 2.05) is 13.8 Å². The van der Waals surface area contributed by atoms with E-state index in [9.17, 15) is 0 Å². The number of hydrogen-bond acceptors (Lipinski definition) is 4. The summed E-state index contributed by atoms with van der Waals surface area (Å²) < 4.78 is 9.44. The van der Waals surface area contributed by atoms with Crippen molar-refractivity contribution in [2.45, 2.75) is 38.9 Å². The molecule has 0 saturated heterocycles. The molecule has 4 nitrogen and oxygen atoms in total. The van der Waals surface area contributed by atoms with Gasteiger partial charge in [-0.15, -0.1) is 0 Å². The van der Waals surface area contributed by atoms with Gasteiger partial charge in [-0.3, -0.25) is 0 Å². The summed E-state index contributed by atoms with van der Waals surface area (Å²) in [5.41, 5.74) is 0. The molecule has 0 rings (SSSR count). The number of aliphatic hydroxyl groups excluding tert-OH is 2. The lowest BCUT2D eigenvalue weighted by molar-refractivity contribution is 0.0467. The number of methoxy groups -OCH3 is 2. The van der Waals surface area contributed by atoms with Gasteiger partial charge in [-0.1, -0.05) is 13.8 Å². The van der Waals surface area contributed by atoms with Crippen molar-refractivity contribution >= 4 is 0 Å². The van der Waals surface area contributed by atoms with E-state index in [-0.39, 0.29) is 18.8 Å². The fraction of sp³-hybridized carbons (Fsp3) is 1.00. The summed E-state index contributed by atoms with van der Waals surface area (Å²) in [5.74, 6) is 0. The zero-order valence-corrected chi connectivity index (χ0v) is 9.69. The topological polar surface area (TPSA) is 58.9 Å². The summed E-state index contributed by atoms with van der Waals surface area (Å²) in [7, 11) is 3.18. The minimum Gasteiger partial charge on any atom is -0.394 e. The number of ether oxygens (including phenoxy) is 2. The molecule has 0 heterocycles. The van der Waals surface area contributed by atoms with Gasteiger partial charge in [0.25, 0.3) is 0 Å². The van der Waals surface area contributed by atoms with Crippen LogP contribution < -0.4 is 0 Å². The van der Waals surface area contributed by atoms with Crippen LogP contribution in [0.5, 0.6) is 0 Å². The second-order valence-corrected chi connectivity index (χ2v) is 2.97. The standard InChI is InChI=1S/2C5H12O2/c1-3-5(6)4-7-2;1-3-5(4-6)7-2/h2*5-6H,3-4H2,1-2H3. The molecule has 0 bridgehead atoms. The van der Waals surface area contributed by atoms with Crippen molar-refractivity contribution < 1.29 is 19.7 Å². The minimum absolute atomic E-state index is 0.0417. The van der Waals surface area contributed by atoms with Gasteiger partial charge in [0.2, 0.25) is 0 Å². The molecule has 2 N–H and O–H groups in total. The number of rotatable bonds is 6. The molecular formula is C10H24O4. The molecule has 2 unspecified atom stereocenters. The summed E-state index contributed by atoms with van der Waals surface area (Å²) in [6, 6.07) is 0. The van der Waals surface area contributed by atoms with Crippen molar-refractivity contribution in [2.24, 2.45) is 0 Å². The van der Waals surface area contributed by atoms with E-state index in [1.54, 1.807) is 14.2 Å². The van der Waals surface area contributed by atoms with Crippen molar-refractivity contribution in [3.8, 4) is 0 Å². The van der Waals surface area contributed by atoms with Gasteiger partial charge in [-0.2, -0.15) is 0 Å². The second-order valence-electron chi connectivity index (χ2n) is 2.97. The van der Waals surface area contributed by atoms with Gasteiger partial charge in [0.1, 0.15) is 0 Å². The average Bonchev–Trinajstić information content (AvgIpc) is 2.22. The molecule has 0 aliphatic carbocycles. The van der Waals surface area contributed by atoms with Crippen molar-refractivity contribution in [3.63, 3.8) is 0 Å². The zero-order chi connectivity index (χ0) is 11.4. The fourth-order valence-electron chi connectivity index (χ4n) is 0.681.